The number of benzene rings is 5. The molecule has 0 aliphatic carbocycles. The molecule has 0 aromatic heterocycles. The molecule has 5 aromatic carbocycles. The van der Waals surface area contributed by atoms with Crippen LogP contribution in [0.1, 0.15) is 44.3 Å². The number of carbonyl (C=O) groups excluding carboxylic acids is 2. The second-order valence-corrected chi connectivity index (χ2v) is 12.0. The quantitative estimate of drug-likeness (QED) is 0.0847. The van der Waals surface area contributed by atoms with Gasteiger partial charge in [0, 0.05) is 11.1 Å². The van der Waals surface area contributed by atoms with Crippen molar-refractivity contribution in [3.05, 3.63) is 179 Å². The normalized spacial score (nSPS) is 20.6. The Morgan fingerprint density at radius 3 is 1.27 bits per heavy atom. The van der Waals surface area contributed by atoms with Crippen LogP contribution in [-0.4, -0.2) is 48.4 Å². The Hall–Kier alpha value is -4.76. The Kier molecular flexibility index (Phi) is 11.9. The second-order valence-electron chi connectivity index (χ2n) is 12.0. The summed E-state index contributed by atoms with van der Waals surface area (Å²) in [5, 5.41) is 0. The van der Waals surface area contributed by atoms with Gasteiger partial charge in [-0.1, -0.05) is 152 Å². The molecule has 0 bridgehead atoms. The summed E-state index contributed by atoms with van der Waals surface area (Å²) in [6.07, 6.45) is -5.35. The highest BCUT2D eigenvalue weighted by Gasteiger charge is 2.49. The number of ether oxygens (including phenoxy) is 5. The molecule has 250 valence electrons. The Morgan fingerprint density at radius 2 is 0.857 bits per heavy atom. The maximum atomic E-state index is 14.0. The minimum Gasteiger partial charge on any atom is -0.368 e. The molecule has 5 atom stereocenters. The first-order valence-corrected chi connectivity index (χ1v) is 16.5. The van der Waals surface area contributed by atoms with E-state index >= 15 is 0 Å². The lowest BCUT2D eigenvalue weighted by Crippen LogP contribution is -2.61. The van der Waals surface area contributed by atoms with Crippen LogP contribution in [0, 0.1) is 0 Å². The molecule has 0 saturated carbocycles. The summed E-state index contributed by atoms with van der Waals surface area (Å²) in [6.45, 7) is 2.69. The Balaban J connectivity index is 1.35. The van der Waals surface area contributed by atoms with Gasteiger partial charge in [0.1, 0.15) is 18.3 Å². The molecule has 7 nitrogen and oxygen atoms in total. The van der Waals surface area contributed by atoms with Crippen LogP contribution >= 0.6 is 0 Å². The van der Waals surface area contributed by atoms with Gasteiger partial charge in [0.2, 0.25) is 0 Å². The van der Waals surface area contributed by atoms with Gasteiger partial charge >= 0.3 is 0 Å². The molecule has 7 heteroatoms. The van der Waals surface area contributed by atoms with E-state index in [-0.39, 0.29) is 13.2 Å². The molecule has 1 unspecified atom stereocenters. The van der Waals surface area contributed by atoms with Crippen molar-refractivity contribution < 1.29 is 33.3 Å². The zero-order valence-electron chi connectivity index (χ0n) is 27.4. The lowest BCUT2D eigenvalue weighted by Gasteiger charge is -2.45. The summed E-state index contributed by atoms with van der Waals surface area (Å²) in [7, 11) is 0. The van der Waals surface area contributed by atoms with Gasteiger partial charge in [0.05, 0.1) is 25.9 Å². The fourth-order valence-corrected chi connectivity index (χ4v) is 5.86. The van der Waals surface area contributed by atoms with Gasteiger partial charge in [-0.15, -0.1) is 0 Å². The monoisotopic (exact) mass is 656 g/mol. The first kappa shape index (κ1) is 34.1. The SMILES string of the molecule is C[C@@H]1OC(OC(C(=O)c2ccccc2)C(=O)c2ccccc2)[C@@H](OCc2ccccc2)[C@H](OCc2ccccc2)[C@@H]1OCc1ccccc1. The van der Waals surface area contributed by atoms with E-state index in [1.54, 1.807) is 48.5 Å². The molecule has 0 N–H and O–H groups in total. The molecule has 49 heavy (non-hydrogen) atoms. The molecule has 5 aromatic rings. The summed E-state index contributed by atoms with van der Waals surface area (Å²) >= 11 is 0. The number of ketones is 2. The molecule has 0 spiro atoms. The number of carbonyl (C=O) groups is 2. The molecular weight excluding hydrogens is 616 g/mol. The summed E-state index contributed by atoms with van der Waals surface area (Å²) in [5.41, 5.74) is 3.60. The average molecular weight is 657 g/mol. The highest BCUT2D eigenvalue weighted by Crippen LogP contribution is 2.32. The van der Waals surface area contributed by atoms with E-state index in [1.165, 1.54) is 0 Å². The van der Waals surface area contributed by atoms with Crippen molar-refractivity contribution in [2.45, 2.75) is 63.6 Å². The van der Waals surface area contributed by atoms with Crippen LogP contribution in [-0.2, 0) is 43.5 Å². The largest absolute Gasteiger partial charge is 0.368 e. The maximum Gasteiger partial charge on any atom is 0.199 e. The topological polar surface area (TPSA) is 80.3 Å². The molecule has 1 saturated heterocycles. The highest BCUT2D eigenvalue weighted by molar-refractivity contribution is 6.18. The van der Waals surface area contributed by atoms with Crippen molar-refractivity contribution in [3.8, 4) is 0 Å². The number of hydrogen-bond donors (Lipinski definition) is 0. The van der Waals surface area contributed by atoms with Crippen molar-refractivity contribution >= 4 is 11.6 Å². The third kappa shape index (κ3) is 9.03. The van der Waals surface area contributed by atoms with E-state index in [4.69, 9.17) is 23.7 Å². The third-order valence-electron chi connectivity index (χ3n) is 8.45. The summed E-state index contributed by atoms with van der Waals surface area (Å²) in [4.78, 5) is 28.0. The zero-order chi connectivity index (χ0) is 33.8. The smallest absolute Gasteiger partial charge is 0.199 e. The average Bonchev–Trinajstić information content (AvgIpc) is 3.16. The lowest BCUT2D eigenvalue weighted by molar-refractivity contribution is -0.321. The first-order valence-electron chi connectivity index (χ1n) is 16.5. The summed E-state index contributed by atoms with van der Waals surface area (Å²) in [6, 6.07) is 46.8. The van der Waals surface area contributed by atoms with Crippen molar-refractivity contribution in [2.24, 2.45) is 0 Å². The van der Waals surface area contributed by atoms with Crippen LogP contribution in [0.5, 0.6) is 0 Å². The Bertz CT molecular complexity index is 1680. The van der Waals surface area contributed by atoms with E-state index in [2.05, 4.69) is 0 Å². The van der Waals surface area contributed by atoms with Gasteiger partial charge in [-0.25, -0.2) is 0 Å². The molecule has 0 radical (unpaired) electrons. The predicted octanol–water partition coefficient (Wildman–Crippen LogP) is 7.64. The third-order valence-corrected chi connectivity index (χ3v) is 8.45. The van der Waals surface area contributed by atoms with E-state index in [0.717, 1.165) is 16.7 Å². The minimum atomic E-state index is -1.50. The van der Waals surface area contributed by atoms with E-state index in [9.17, 15) is 9.59 Å². The fourth-order valence-electron chi connectivity index (χ4n) is 5.86. The molecule has 6 rings (SSSR count). The molecule has 0 amide bonds. The zero-order valence-corrected chi connectivity index (χ0v) is 27.4. The van der Waals surface area contributed by atoms with Crippen LogP contribution in [0.25, 0.3) is 0 Å². The van der Waals surface area contributed by atoms with Crippen LogP contribution in [0.15, 0.2) is 152 Å². The van der Waals surface area contributed by atoms with Gasteiger partial charge < -0.3 is 23.7 Å². The van der Waals surface area contributed by atoms with Gasteiger partial charge in [-0.2, -0.15) is 0 Å². The van der Waals surface area contributed by atoms with Gasteiger partial charge in [-0.3, -0.25) is 9.59 Å². The van der Waals surface area contributed by atoms with Crippen molar-refractivity contribution in [2.75, 3.05) is 0 Å². The minimum absolute atomic E-state index is 0.212. The van der Waals surface area contributed by atoms with E-state index in [0.29, 0.717) is 17.7 Å². The Morgan fingerprint density at radius 1 is 0.510 bits per heavy atom. The van der Waals surface area contributed by atoms with Crippen LogP contribution in [0.4, 0.5) is 0 Å². The molecule has 1 aliphatic rings. The molecule has 1 aliphatic heterocycles. The highest BCUT2D eigenvalue weighted by atomic mass is 16.7. The molecular formula is C42H40O7. The summed E-state index contributed by atoms with van der Waals surface area (Å²) < 4.78 is 32.8. The lowest BCUT2D eigenvalue weighted by atomic mass is 9.96. The van der Waals surface area contributed by atoms with E-state index in [1.807, 2.05) is 110 Å². The summed E-state index contributed by atoms with van der Waals surface area (Å²) in [5.74, 6) is -0.951. The van der Waals surface area contributed by atoms with Crippen molar-refractivity contribution in [1.82, 2.24) is 0 Å². The fraction of sp³-hybridized carbons (Fsp3) is 0.238. The standard InChI is InChI=1S/C42H40O7/c1-30-38(45-27-31-17-7-2-8-18-31)40(46-28-32-19-9-3-10-20-32)41(47-29-33-21-11-4-12-22-33)42(48-30)49-39(36(43)34-23-13-5-14-24-34)37(44)35-25-15-6-16-26-35/h2-26,30,38-42H,27-29H2,1H3/t30-,38+,40+,41-,42?/m0/s1. The number of rotatable bonds is 15. The van der Waals surface area contributed by atoms with Crippen molar-refractivity contribution in [1.29, 1.82) is 0 Å². The van der Waals surface area contributed by atoms with Gasteiger partial charge in [-0.05, 0) is 23.6 Å². The van der Waals surface area contributed by atoms with E-state index < -0.39 is 48.4 Å². The molecule has 1 fully saturated rings. The van der Waals surface area contributed by atoms with Crippen LogP contribution in [0.2, 0.25) is 0 Å². The predicted molar refractivity (Wildman–Crippen MR) is 186 cm³/mol. The first-order chi connectivity index (χ1) is 24.1. The Labute approximate surface area is 287 Å². The van der Waals surface area contributed by atoms with Gasteiger partial charge in [0.25, 0.3) is 0 Å². The van der Waals surface area contributed by atoms with Crippen molar-refractivity contribution in [3.63, 3.8) is 0 Å². The van der Waals surface area contributed by atoms with Crippen LogP contribution < -0.4 is 0 Å². The molecule has 1 heterocycles. The van der Waals surface area contributed by atoms with Crippen LogP contribution in [0.3, 0.4) is 0 Å². The maximum absolute atomic E-state index is 14.0. The number of hydrogen-bond acceptors (Lipinski definition) is 7. The second kappa shape index (κ2) is 17.1. The van der Waals surface area contributed by atoms with Gasteiger partial charge in [0.15, 0.2) is 24.0 Å². The number of Topliss-reactive ketones (excluding diaryl/α,β-unsaturated/α-hetero) is 2.